The molecule has 13 nitrogen and oxygen atoms in total. The van der Waals surface area contributed by atoms with E-state index in [0.717, 1.165) is 50.0 Å². The first-order valence-corrected chi connectivity index (χ1v) is 20.0. The average Bonchev–Trinajstić information content (AvgIpc) is 3.29. The van der Waals surface area contributed by atoms with Gasteiger partial charge in [-0.1, -0.05) is 115 Å². The monoisotopic (exact) mass is 821 g/mol. The Morgan fingerprint density at radius 2 is 1.13 bits per heavy atom. The van der Waals surface area contributed by atoms with Crippen molar-refractivity contribution < 1.29 is 42.9 Å². The third-order valence-electron chi connectivity index (χ3n) is 9.25. The van der Waals surface area contributed by atoms with Crippen molar-refractivity contribution in [3.8, 4) is 0 Å². The minimum absolute atomic E-state index is 0.0265. The van der Waals surface area contributed by atoms with E-state index in [9.17, 15) is 19.2 Å². The maximum atomic E-state index is 11.9. The number of rotatable bonds is 8. The summed E-state index contributed by atoms with van der Waals surface area (Å²) in [4.78, 5) is 50.9. The highest BCUT2D eigenvalue weighted by Crippen LogP contribution is 2.25. The molecule has 0 fully saturated rings. The maximum absolute atomic E-state index is 11.9. The molecule has 13 heteroatoms. The number of methoxy groups -OCH3 is 3. The van der Waals surface area contributed by atoms with Gasteiger partial charge in [0.15, 0.2) is 0 Å². The Balaban J connectivity index is 0.000000216. The van der Waals surface area contributed by atoms with Gasteiger partial charge in [0.1, 0.15) is 17.4 Å². The van der Waals surface area contributed by atoms with Crippen LogP contribution in [0.1, 0.15) is 68.6 Å². The topological polar surface area (TPSA) is 169 Å². The molecule has 0 spiro atoms. The summed E-state index contributed by atoms with van der Waals surface area (Å²) in [7, 11) is 4.10. The molecule has 4 atom stereocenters. The molecule has 320 valence electrons. The van der Waals surface area contributed by atoms with Gasteiger partial charge in [-0.05, 0) is 76.4 Å². The lowest BCUT2D eigenvalue weighted by atomic mass is 9.90. The maximum Gasteiger partial charge on any atom is 0.422 e. The van der Waals surface area contributed by atoms with E-state index in [4.69, 9.17) is 19.7 Å². The summed E-state index contributed by atoms with van der Waals surface area (Å²) in [6, 6.07) is 28.2. The zero-order valence-corrected chi connectivity index (χ0v) is 35.5. The first-order valence-electron chi connectivity index (χ1n) is 20.0. The van der Waals surface area contributed by atoms with Crippen molar-refractivity contribution in [1.82, 2.24) is 15.5 Å². The number of hydrogen-bond acceptors (Lipinski definition) is 10. The fourth-order valence-electron chi connectivity index (χ4n) is 6.34. The second-order valence-electron chi connectivity index (χ2n) is 14.7. The van der Waals surface area contributed by atoms with Gasteiger partial charge in [0.05, 0.1) is 26.9 Å². The van der Waals surface area contributed by atoms with Crippen LogP contribution in [-0.4, -0.2) is 105 Å². The molecule has 0 saturated carbocycles. The third kappa shape index (κ3) is 16.2. The smallest absolute Gasteiger partial charge is 0.422 e. The van der Waals surface area contributed by atoms with Gasteiger partial charge < -0.3 is 40.0 Å². The van der Waals surface area contributed by atoms with Gasteiger partial charge in [-0.2, -0.15) is 4.79 Å². The molecule has 0 saturated heterocycles. The number of hydrogen-bond donors (Lipinski definition) is 2. The molecule has 0 radical (unpaired) electrons. The first kappa shape index (κ1) is 48.2. The van der Waals surface area contributed by atoms with Crippen molar-refractivity contribution in [3.05, 3.63) is 150 Å². The Kier molecular flexibility index (Phi) is 20.9. The van der Waals surface area contributed by atoms with Crippen molar-refractivity contribution in [1.29, 1.82) is 0 Å². The highest BCUT2D eigenvalue weighted by Gasteiger charge is 2.31. The molecule has 0 aromatic heterocycles. The quantitative estimate of drug-likeness (QED) is 0.0617. The van der Waals surface area contributed by atoms with E-state index >= 15 is 0 Å². The summed E-state index contributed by atoms with van der Waals surface area (Å²) in [5.74, 6) is -1.58. The van der Waals surface area contributed by atoms with E-state index in [2.05, 4.69) is 50.5 Å². The van der Waals surface area contributed by atoms with Crippen LogP contribution in [0, 0.1) is 0 Å². The standard InChI is InChI=1S/2C14H17NO2.C10H17NO2.C9H8N2O2/c2*1-17-14(16)13(11-7-3-2-4-8-11)12-9-5-6-10-15-12;1-10(2,3)13-9(12)11-7-5-4-6-8-11;1-13-9(12)8(11-10)7-5-3-2-4-6-7/h2*2-5,7-9,12-13,15H,6,10H2,1H3;4-5H,6-8H2,1-3H3;2-6H,1H3/t12-,13+;12-,13-;;/m10../s1. The first-order chi connectivity index (χ1) is 28.9. The van der Waals surface area contributed by atoms with Crippen LogP contribution in [0.25, 0.3) is 5.53 Å². The zero-order chi connectivity index (χ0) is 43.8. The summed E-state index contributed by atoms with van der Waals surface area (Å²) in [5, 5.41) is 6.69. The molecule has 3 aliphatic heterocycles. The third-order valence-corrected chi connectivity index (χ3v) is 9.25. The van der Waals surface area contributed by atoms with Gasteiger partial charge in [-0.15, -0.1) is 0 Å². The molecule has 60 heavy (non-hydrogen) atoms. The van der Waals surface area contributed by atoms with E-state index in [1.165, 1.54) is 21.3 Å². The summed E-state index contributed by atoms with van der Waals surface area (Å²) in [5.41, 5.74) is 10.6. The highest BCUT2D eigenvalue weighted by atomic mass is 16.6. The predicted molar refractivity (Wildman–Crippen MR) is 231 cm³/mol. The Bertz CT molecular complexity index is 1840. The molecule has 3 aliphatic rings. The van der Waals surface area contributed by atoms with Crippen LogP contribution >= 0.6 is 0 Å². The summed E-state index contributed by atoms with van der Waals surface area (Å²) in [6.45, 7) is 8.89. The molecule has 0 unspecified atom stereocenters. The summed E-state index contributed by atoms with van der Waals surface area (Å²) in [6.07, 6.45) is 15.2. The molecule has 3 heterocycles. The number of benzene rings is 3. The molecule has 6 rings (SSSR count). The molecule has 0 bridgehead atoms. The Hall–Kier alpha value is -6.14. The zero-order valence-electron chi connectivity index (χ0n) is 35.5. The van der Waals surface area contributed by atoms with Crippen molar-refractivity contribution in [2.24, 2.45) is 0 Å². The van der Waals surface area contributed by atoms with Gasteiger partial charge in [-0.3, -0.25) is 9.59 Å². The minimum Gasteiger partial charge on any atom is -0.468 e. The normalized spacial score (nSPS) is 17.5. The number of amides is 1. The molecule has 3 aromatic carbocycles. The number of carbonyl (C=O) groups is 4. The van der Waals surface area contributed by atoms with Crippen LogP contribution in [-0.2, 0) is 33.3 Å². The van der Waals surface area contributed by atoms with Crippen LogP contribution in [0.5, 0.6) is 0 Å². The number of ether oxygens (including phenoxy) is 4. The van der Waals surface area contributed by atoms with E-state index in [0.29, 0.717) is 12.1 Å². The van der Waals surface area contributed by atoms with Gasteiger partial charge in [0.25, 0.3) is 0 Å². The fourth-order valence-corrected chi connectivity index (χ4v) is 6.34. The highest BCUT2D eigenvalue weighted by molar-refractivity contribution is 6.40. The average molecular weight is 822 g/mol. The molecule has 1 amide bonds. The van der Waals surface area contributed by atoms with Crippen molar-refractivity contribution in [3.63, 3.8) is 0 Å². The lowest BCUT2D eigenvalue weighted by Crippen LogP contribution is -2.39. The van der Waals surface area contributed by atoms with Crippen molar-refractivity contribution in [2.75, 3.05) is 47.5 Å². The molecule has 0 aliphatic carbocycles. The lowest BCUT2D eigenvalue weighted by Gasteiger charge is -2.27. The van der Waals surface area contributed by atoms with E-state index in [-0.39, 0.29) is 47.7 Å². The van der Waals surface area contributed by atoms with Gasteiger partial charge in [0, 0.05) is 25.2 Å². The van der Waals surface area contributed by atoms with Crippen LogP contribution in [0.3, 0.4) is 0 Å². The Morgan fingerprint density at radius 1 is 0.667 bits per heavy atom. The second-order valence-corrected chi connectivity index (χ2v) is 14.7. The fraction of sp³-hybridized carbons (Fsp3) is 0.383. The van der Waals surface area contributed by atoms with E-state index < -0.39 is 11.6 Å². The van der Waals surface area contributed by atoms with Crippen LogP contribution in [0.2, 0.25) is 0 Å². The number of esters is 3. The van der Waals surface area contributed by atoms with Crippen molar-refractivity contribution in [2.45, 2.75) is 69.6 Å². The molecular weight excluding hydrogens is 763 g/mol. The Morgan fingerprint density at radius 3 is 1.48 bits per heavy atom. The van der Waals surface area contributed by atoms with Gasteiger partial charge in [0.2, 0.25) is 0 Å². The number of carbonyl (C=O) groups excluding carboxylic acids is 4. The van der Waals surface area contributed by atoms with Gasteiger partial charge >= 0.3 is 29.7 Å². The second kappa shape index (κ2) is 26.1. The van der Waals surface area contributed by atoms with Crippen molar-refractivity contribution >= 4 is 29.7 Å². The summed E-state index contributed by atoms with van der Waals surface area (Å²) < 4.78 is 19.5. The molecule has 3 aromatic rings. The predicted octanol–water partition coefficient (Wildman–Crippen LogP) is 6.78. The largest absolute Gasteiger partial charge is 0.468 e. The summed E-state index contributed by atoms with van der Waals surface area (Å²) >= 11 is 0. The van der Waals surface area contributed by atoms with Crippen LogP contribution < -0.4 is 10.6 Å². The van der Waals surface area contributed by atoms with Crippen LogP contribution in [0.15, 0.2) is 127 Å². The minimum atomic E-state index is -0.659. The Labute approximate surface area is 354 Å². The van der Waals surface area contributed by atoms with Crippen LogP contribution in [0.4, 0.5) is 4.79 Å². The number of nitrogens with zero attached hydrogens (tertiary/aromatic N) is 3. The number of nitrogens with one attached hydrogen (secondary N) is 2. The van der Waals surface area contributed by atoms with E-state index in [1.54, 1.807) is 35.2 Å². The lowest BCUT2D eigenvalue weighted by molar-refractivity contribution is -0.143. The van der Waals surface area contributed by atoms with Gasteiger partial charge in [-0.25, -0.2) is 9.59 Å². The molecular formula is C47H59N5O8. The van der Waals surface area contributed by atoms with E-state index in [1.807, 2.05) is 87.5 Å². The molecule has 2 N–H and O–H groups in total. The SMILES string of the molecule is CC(C)(C)OC(=O)N1CC=CCC1.COC(=O)C(=[N+]=[N-])c1ccccc1.COC(=O)[C@@H](c1ccccc1)[C@@H]1C=CCCN1.COC(=O)[C@@H](c1ccccc1)[C@H]1C=CCCN1.